The van der Waals surface area contributed by atoms with E-state index in [1.165, 1.54) is 0 Å². The Balaban J connectivity index is 2.82. The van der Waals surface area contributed by atoms with Gasteiger partial charge in [0.05, 0.1) is 16.4 Å². The molecule has 1 atom stereocenters. The van der Waals surface area contributed by atoms with Crippen LogP contribution in [-0.4, -0.2) is 30.0 Å². The third kappa shape index (κ3) is 5.00. The highest BCUT2D eigenvalue weighted by molar-refractivity contribution is 7.92. The molecule has 1 unspecified atom stereocenters. The zero-order valence-corrected chi connectivity index (χ0v) is 14.0. The molecule has 0 aliphatic heterocycles. The van der Waals surface area contributed by atoms with Gasteiger partial charge in [-0.3, -0.25) is 4.79 Å². The summed E-state index contributed by atoms with van der Waals surface area (Å²) in [6, 6.07) is 7.01. The monoisotopic (exact) mass is 332 g/mol. The first-order chi connectivity index (χ1) is 9.54. The SMILES string of the molecule is CC(C)(C)S(=O)(=O)CCC(Cc1ccccc1Cl)C(=O)O. The Labute approximate surface area is 131 Å². The highest BCUT2D eigenvalue weighted by atomic mass is 35.5. The predicted molar refractivity (Wildman–Crippen MR) is 84.4 cm³/mol. The summed E-state index contributed by atoms with van der Waals surface area (Å²) in [6.07, 6.45) is 0.314. The van der Waals surface area contributed by atoms with E-state index in [4.69, 9.17) is 11.6 Å². The maximum atomic E-state index is 12.1. The van der Waals surface area contributed by atoms with Gasteiger partial charge in [0.1, 0.15) is 0 Å². The van der Waals surface area contributed by atoms with E-state index in [1.54, 1.807) is 45.0 Å². The van der Waals surface area contributed by atoms with Crippen molar-refractivity contribution in [1.82, 2.24) is 0 Å². The molecule has 0 spiro atoms. The Morgan fingerprint density at radius 3 is 2.33 bits per heavy atom. The van der Waals surface area contributed by atoms with Crippen molar-refractivity contribution in [3.05, 3.63) is 34.9 Å². The van der Waals surface area contributed by atoms with E-state index in [0.29, 0.717) is 5.02 Å². The van der Waals surface area contributed by atoms with Crippen molar-refractivity contribution >= 4 is 27.4 Å². The molecule has 118 valence electrons. The van der Waals surface area contributed by atoms with Gasteiger partial charge in [0, 0.05) is 5.02 Å². The molecule has 1 aromatic carbocycles. The molecule has 21 heavy (non-hydrogen) atoms. The van der Waals surface area contributed by atoms with Crippen LogP contribution in [0.2, 0.25) is 5.02 Å². The molecule has 4 nitrogen and oxygen atoms in total. The predicted octanol–water partition coefficient (Wildman–Crippen LogP) is 3.19. The standard InChI is InChI=1S/C15H21ClO4S/c1-15(2,3)21(19,20)9-8-12(14(17)18)10-11-6-4-5-7-13(11)16/h4-7,12H,8-10H2,1-3H3,(H,17,18). The van der Waals surface area contributed by atoms with Crippen LogP contribution in [0, 0.1) is 5.92 Å². The second-order valence-electron chi connectivity index (χ2n) is 6.05. The van der Waals surface area contributed by atoms with Crippen molar-refractivity contribution < 1.29 is 18.3 Å². The molecule has 1 N–H and O–H groups in total. The lowest BCUT2D eigenvalue weighted by atomic mass is 9.97. The van der Waals surface area contributed by atoms with Crippen LogP contribution in [0.4, 0.5) is 0 Å². The van der Waals surface area contributed by atoms with Gasteiger partial charge in [0.15, 0.2) is 9.84 Å². The lowest BCUT2D eigenvalue weighted by Gasteiger charge is -2.20. The number of sulfone groups is 1. The van der Waals surface area contributed by atoms with Gasteiger partial charge in [0.2, 0.25) is 0 Å². The van der Waals surface area contributed by atoms with Gasteiger partial charge in [-0.25, -0.2) is 8.42 Å². The fourth-order valence-corrected chi connectivity index (χ4v) is 3.27. The summed E-state index contributed by atoms with van der Waals surface area (Å²) in [5.74, 6) is -1.90. The topological polar surface area (TPSA) is 71.4 Å². The summed E-state index contributed by atoms with van der Waals surface area (Å²) in [5, 5.41) is 9.79. The van der Waals surface area contributed by atoms with Gasteiger partial charge in [-0.2, -0.15) is 0 Å². The summed E-state index contributed by atoms with van der Waals surface area (Å²) < 4.78 is 23.3. The Morgan fingerprint density at radius 2 is 1.86 bits per heavy atom. The number of carbonyl (C=O) groups is 1. The molecule has 6 heteroatoms. The normalized spacial score (nSPS) is 13.9. The zero-order chi connectivity index (χ0) is 16.3. The summed E-state index contributed by atoms with van der Waals surface area (Å²) in [7, 11) is -3.33. The summed E-state index contributed by atoms with van der Waals surface area (Å²) in [5.41, 5.74) is 0.722. The molecule has 0 fully saturated rings. The Bertz CT molecular complexity index is 602. The van der Waals surface area contributed by atoms with E-state index < -0.39 is 26.5 Å². The smallest absolute Gasteiger partial charge is 0.306 e. The molecule has 0 heterocycles. The molecule has 0 aromatic heterocycles. The van der Waals surface area contributed by atoms with Gasteiger partial charge in [-0.05, 0) is 45.2 Å². The summed E-state index contributed by atoms with van der Waals surface area (Å²) >= 11 is 6.02. The lowest BCUT2D eigenvalue weighted by Crippen LogP contribution is -2.32. The summed E-state index contributed by atoms with van der Waals surface area (Å²) in [4.78, 5) is 11.3. The quantitative estimate of drug-likeness (QED) is 0.868. The Kier molecular flexibility index (Phi) is 5.82. The lowest BCUT2D eigenvalue weighted by molar-refractivity contribution is -0.141. The summed E-state index contributed by atoms with van der Waals surface area (Å²) in [6.45, 7) is 4.85. The Hall–Kier alpha value is -1.07. The van der Waals surface area contributed by atoms with Crippen molar-refractivity contribution in [2.75, 3.05) is 5.75 Å². The molecule has 0 radical (unpaired) electrons. The molecular weight excluding hydrogens is 312 g/mol. The molecular formula is C15H21ClO4S. The van der Waals surface area contributed by atoms with E-state index in [-0.39, 0.29) is 18.6 Å². The number of halogens is 1. The minimum atomic E-state index is -3.33. The molecule has 0 saturated carbocycles. The van der Waals surface area contributed by atoms with E-state index in [1.807, 2.05) is 0 Å². The largest absolute Gasteiger partial charge is 0.481 e. The van der Waals surface area contributed by atoms with Gasteiger partial charge < -0.3 is 5.11 Å². The third-order valence-corrected chi connectivity index (χ3v) is 6.45. The molecule has 0 saturated heterocycles. The van der Waals surface area contributed by atoms with E-state index in [0.717, 1.165) is 5.56 Å². The average molecular weight is 333 g/mol. The van der Waals surface area contributed by atoms with E-state index in [9.17, 15) is 18.3 Å². The number of benzene rings is 1. The molecule has 1 aromatic rings. The minimum absolute atomic E-state index is 0.0835. The first kappa shape index (κ1) is 18.0. The molecule has 1 rings (SSSR count). The van der Waals surface area contributed by atoms with Gasteiger partial charge in [-0.15, -0.1) is 0 Å². The first-order valence-electron chi connectivity index (χ1n) is 6.73. The highest BCUT2D eigenvalue weighted by Crippen LogP contribution is 2.23. The molecule has 0 aliphatic rings. The number of hydrogen-bond donors (Lipinski definition) is 1. The van der Waals surface area contributed by atoms with Crippen LogP contribution in [0.3, 0.4) is 0 Å². The van der Waals surface area contributed by atoms with Crippen molar-refractivity contribution in [2.45, 2.75) is 38.4 Å². The van der Waals surface area contributed by atoms with Crippen LogP contribution in [0.5, 0.6) is 0 Å². The fraction of sp³-hybridized carbons (Fsp3) is 0.533. The van der Waals surface area contributed by atoms with E-state index in [2.05, 4.69) is 0 Å². The van der Waals surface area contributed by atoms with Crippen LogP contribution in [0.1, 0.15) is 32.8 Å². The molecule has 0 bridgehead atoms. The minimum Gasteiger partial charge on any atom is -0.481 e. The van der Waals surface area contributed by atoms with Crippen molar-refractivity contribution in [3.8, 4) is 0 Å². The second-order valence-corrected chi connectivity index (χ2v) is 9.32. The van der Waals surface area contributed by atoms with Crippen molar-refractivity contribution in [1.29, 1.82) is 0 Å². The van der Waals surface area contributed by atoms with Crippen molar-refractivity contribution in [3.63, 3.8) is 0 Å². The van der Waals surface area contributed by atoms with Crippen LogP contribution in [-0.2, 0) is 21.1 Å². The van der Waals surface area contributed by atoms with Gasteiger partial charge >= 0.3 is 5.97 Å². The molecule has 0 aliphatic carbocycles. The molecule has 0 amide bonds. The Morgan fingerprint density at radius 1 is 1.29 bits per heavy atom. The maximum absolute atomic E-state index is 12.1. The van der Waals surface area contributed by atoms with Crippen molar-refractivity contribution in [2.24, 2.45) is 5.92 Å². The second kappa shape index (κ2) is 6.79. The fourth-order valence-electron chi connectivity index (χ4n) is 1.85. The number of carboxylic acid groups (broad SMARTS) is 1. The third-order valence-electron chi connectivity index (χ3n) is 3.44. The highest BCUT2D eigenvalue weighted by Gasteiger charge is 2.31. The van der Waals surface area contributed by atoms with Gasteiger partial charge in [0.25, 0.3) is 0 Å². The van der Waals surface area contributed by atoms with E-state index >= 15 is 0 Å². The number of carboxylic acids is 1. The van der Waals surface area contributed by atoms with Gasteiger partial charge in [-0.1, -0.05) is 29.8 Å². The number of hydrogen-bond acceptors (Lipinski definition) is 3. The van der Waals surface area contributed by atoms with Crippen LogP contribution >= 0.6 is 11.6 Å². The van der Waals surface area contributed by atoms with Crippen LogP contribution in [0.15, 0.2) is 24.3 Å². The number of aliphatic carboxylic acids is 1. The average Bonchev–Trinajstić information content (AvgIpc) is 2.34. The maximum Gasteiger partial charge on any atom is 0.306 e. The van der Waals surface area contributed by atoms with Crippen LogP contribution in [0.25, 0.3) is 0 Å². The first-order valence-corrected chi connectivity index (χ1v) is 8.76. The number of rotatable bonds is 6. The zero-order valence-electron chi connectivity index (χ0n) is 12.5. The van der Waals surface area contributed by atoms with Crippen LogP contribution < -0.4 is 0 Å².